The number of aliphatic hydroxyl groups is 1. The summed E-state index contributed by atoms with van der Waals surface area (Å²) in [7, 11) is 1.48. The highest BCUT2D eigenvalue weighted by molar-refractivity contribution is 6.55. The molecule has 2 N–H and O–H groups in total. The summed E-state index contributed by atoms with van der Waals surface area (Å²) in [5, 5.41) is 12.3. The van der Waals surface area contributed by atoms with Gasteiger partial charge in [0.2, 0.25) is 0 Å². The Hall–Kier alpha value is -1.21. The minimum Gasteiger partial charge on any atom is -0.400 e. The first-order valence-corrected chi connectivity index (χ1v) is 7.56. The molecular weight excluding hydrogens is 279 g/mol. The summed E-state index contributed by atoms with van der Waals surface area (Å²) < 4.78 is 12.2. The number of likely N-dealkylation sites (N-methyl/N-ethyl adjacent to an activating group) is 1. The fourth-order valence-electron chi connectivity index (χ4n) is 2.26. The lowest BCUT2D eigenvalue weighted by molar-refractivity contribution is 0.00578. The zero-order valence-electron chi connectivity index (χ0n) is 14.0. The van der Waals surface area contributed by atoms with Gasteiger partial charge in [0.15, 0.2) is 0 Å². The molecule has 0 unspecified atom stereocenters. The molecule has 1 aromatic rings. The normalized spacial score (nSPS) is 20.5. The second-order valence-corrected chi connectivity index (χ2v) is 6.55. The van der Waals surface area contributed by atoms with E-state index in [0.29, 0.717) is 12.2 Å². The topological polar surface area (TPSA) is 63.6 Å². The molecule has 0 saturated carbocycles. The van der Waals surface area contributed by atoms with E-state index >= 15 is 0 Å². The van der Waals surface area contributed by atoms with Crippen LogP contribution in [-0.4, -0.2) is 42.0 Å². The smallest absolute Gasteiger partial charge is 0.400 e. The van der Waals surface area contributed by atoms with Crippen LogP contribution in [0.2, 0.25) is 0 Å². The van der Waals surface area contributed by atoms with Crippen LogP contribution >= 0.6 is 0 Å². The van der Waals surface area contributed by atoms with Gasteiger partial charge in [-0.05, 0) is 58.4 Å². The third-order valence-corrected chi connectivity index (χ3v) is 4.26. The molecule has 0 spiro atoms. The van der Waals surface area contributed by atoms with Crippen LogP contribution in [0.5, 0.6) is 0 Å². The fraction of sp³-hybridized carbons (Fsp3) is 0.562. The number of nitrogens with one attached hydrogen (secondary N) is 1. The third kappa shape index (κ3) is 3.58. The lowest BCUT2D eigenvalue weighted by Crippen LogP contribution is -2.41. The second-order valence-electron chi connectivity index (χ2n) is 6.55. The molecular formula is C16H25BN2O3. The summed E-state index contributed by atoms with van der Waals surface area (Å²) in [5.74, 6) is 0. The summed E-state index contributed by atoms with van der Waals surface area (Å²) >= 11 is 0. The Morgan fingerprint density at radius 3 is 2.45 bits per heavy atom. The van der Waals surface area contributed by atoms with Gasteiger partial charge in [-0.1, -0.05) is 6.07 Å². The molecule has 1 aliphatic heterocycles. The molecule has 1 aromatic heterocycles. The number of aliphatic hydroxyl groups excluding tert-OH is 1. The van der Waals surface area contributed by atoms with E-state index < -0.39 is 7.12 Å². The van der Waals surface area contributed by atoms with Crippen LogP contribution in [0.4, 0.5) is 0 Å². The first-order chi connectivity index (χ1) is 10.3. The van der Waals surface area contributed by atoms with Gasteiger partial charge in [-0.25, -0.2) is 0 Å². The van der Waals surface area contributed by atoms with Gasteiger partial charge in [-0.2, -0.15) is 0 Å². The van der Waals surface area contributed by atoms with Crippen molar-refractivity contribution in [3.05, 3.63) is 35.1 Å². The van der Waals surface area contributed by atoms with Crippen molar-refractivity contribution in [1.29, 1.82) is 0 Å². The van der Waals surface area contributed by atoms with E-state index in [1.807, 2.05) is 53.0 Å². The summed E-state index contributed by atoms with van der Waals surface area (Å²) in [6, 6.07) is 5.58. The number of hydrogen-bond acceptors (Lipinski definition) is 5. The maximum Gasteiger partial charge on any atom is 0.491 e. The van der Waals surface area contributed by atoms with Crippen LogP contribution < -0.4 is 5.32 Å². The number of pyridine rings is 1. The van der Waals surface area contributed by atoms with E-state index in [1.54, 1.807) is 6.07 Å². The molecule has 0 aromatic carbocycles. The average Bonchev–Trinajstić information content (AvgIpc) is 2.67. The minimum absolute atomic E-state index is 0.0699. The molecule has 120 valence electrons. The van der Waals surface area contributed by atoms with Crippen LogP contribution in [0, 0.1) is 0 Å². The summed E-state index contributed by atoms with van der Waals surface area (Å²) in [4.78, 5) is 4.39. The lowest BCUT2D eigenvalue weighted by Gasteiger charge is -2.32. The van der Waals surface area contributed by atoms with E-state index in [-0.39, 0.29) is 17.8 Å². The second kappa shape index (κ2) is 6.50. The van der Waals surface area contributed by atoms with Gasteiger partial charge in [-0.15, -0.1) is 0 Å². The molecule has 1 saturated heterocycles. The van der Waals surface area contributed by atoms with E-state index in [2.05, 4.69) is 10.3 Å². The van der Waals surface area contributed by atoms with Gasteiger partial charge < -0.3 is 19.7 Å². The largest absolute Gasteiger partial charge is 0.491 e. The number of aromatic nitrogens is 1. The van der Waals surface area contributed by atoms with E-state index in [4.69, 9.17) is 9.31 Å². The quantitative estimate of drug-likeness (QED) is 0.812. The van der Waals surface area contributed by atoms with Crippen LogP contribution in [0.3, 0.4) is 0 Å². The zero-order chi connectivity index (χ0) is 16.4. The Morgan fingerprint density at radius 2 is 1.91 bits per heavy atom. The zero-order valence-corrected chi connectivity index (χ0v) is 14.0. The molecule has 0 bridgehead atoms. The average molecular weight is 304 g/mol. The van der Waals surface area contributed by atoms with E-state index in [0.717, 1.165) is 11.2 Å². The predicted molar refractivity (Wildman–Crippen MR) is 88.1 cm³/mol. The van der Waals surface area contributed by atoms with Gasteiger partial charge in [-0.3, -0.25) is 4.98 Å². The molecule has 5 nitrogen and oxygen atoms in total. The van der Waals surface area contributed by atoms with Crippen LogP contribution in [0.25, 0.3) is 6.08 Å². The molecule has 1 aliphatic rings. The monoisotopic (exact) mass is 304 g/mol. The molecule has 22 heavy (non-hydrogen) atoms. The first kappa shape index (κ1) is 17.2. The van der Waals surface area contributed by atoms with Crippen LogP contribution in [0.15, 0.2) is 23.7 Å². The van der Waals surface area contributed by atoms with Gasteiger partial charge in [0.1, 0.15) is 0 Å². The molecule has 0 atom stereocenters. The standard InChI is InChI=1S/C16H25BN2O3/c1-15(2)16(3,4)22-17(21-15)12(10-18-5)9-13-7-6-8-14(11-20)19-13/h6-9,18,20H,10-11H2,1-5H3. The van der Waals surface area contributed by atoms with Gasteiger partial charge in [0, 0.05) is 6.54 Å². The van der Waals surface area contributed by atoms with Gasteiger partial charge in [0.05, 0.1) is 29.2 Å². The van der Waals surface area contributed by atoms with Gasteiger partial charge in [0.25, 0.3) is 0 Å². The number of nitrogens with zero attached hydrogens (tertiary/aromatic N) is 1. The molecule has 0 aliphatic carbocycles. The Bertz CT molecular complexity index is 542. The van der Waals surface area contributed by atoms with Crippen molar-refractivity contribution < 1.29 is 14.4 Å². The van der Waals surface area contributed by atoms with Crippen molar-refractivity contribution in [3.63, 3.8) is 0 Å². The Kier molecular flexibility index (Phi) is 5.07. The first-order valence-electron chi connectivity index (χ1n) is 7.56. The Morgan fingerprint density at radius 1 is 1.27 bits per heavy atom. The van der Waals surface area contributed by atoms with Crippen LogP contribution in [-0.2, 0) is 15.9 Å². The maximum absolute atomic E-state index is 9.20. The number of hydrogen-bond donors (Lipinski definition) is 2. The summed E-state index contributed by atoms with van der Waals surface area (Å²) in [6.45, 7) is 8.72. The van der Waals surface area contributed by atoms with E-state index in [1.165, 1.54) is 0 Å². The molecule has 2 heterocycles. The minimum atomic E-state index is -0.406. The van der Waals surface area contributed by atoms with Crippen molar-refractivity contribution >= 4 is 13.2 Å². The lowest BCUT2D eigenvalue weighted by atomic mass is 9.77. The fourth-order valence-corrected chi connectivity index (χ4v) is 2.26. The van der Waals surface area contributed by atoms with E-state index in [9.17, 15) is 5.11 Å². The third-order valence-electron chi connectivity index (χ3n) is 4.26. The highest BCUT2D eigenvalue weighted by Crippen LogP contribution is 2.38. The Balaban J connectivity index is 2.29. The molecule has 6 heteroatoms. The predicted octanol–water partition coefficient (Wildman–Crippen LogP) is 1.81. The molecule has 2 rings (SSSR count). The van der Waals surface area contributed by atoms with Crippen molar-refractivity contribution in [2.75, 3.05) is 13.6 Å². The van der Waals surface area contributed by atoms with Crippen LogP contribution in [0.1, 0.15) is 39.1 Å². The summed E-state index contributed by atoms with van der Waals surface area (Å²) in [5.41, 5.74) is 1.66. The van der Waals surface area contributed by atoms with Crippen molar-refractivity contribution in [2.24, 2.45) is 0 Å². The number of rotatable bonds is 5. The SMILES string of the molecule is CNCC(=Cc1cccc(CO)n1)B1OC(C)(C)C(C)(C)O1. The summed E-state index contributed by atoms with van der Waals surface area (Å²) in [6.07, 6.45) is 1.96. The van der Waals surface area contributed by atoms with Crippen molar-refractivity contribution in [3.8, 4) is 0 Å². The molecule has 0 amide bonds. The van der Waals surface area contributed by atoms with Crippen molar-refractivity contribution in [2.45, 2.75) is 45.5 Å². The maximum atomic E-state index is 9.20. The molecule has 0 radical (unpaired) electrons. The van der Waals surface area contributed by atoms with Gasteiger partial charge >= 0.3 is 7.12 Å². The van der Waals surface area contributed by atoms with Crippen molar-refractivity contribution in [1.82, 2.24) is 10.3 Å². The molecule has 1 fully saturated rings. The Labute approximate surface area is 132 Å². The highest BCUT2D eigenvalue weighted by atomic mass is 16.7. The highest BCUT2D eigenvalue weighted by Gasteiger charge is 2.52.